The number of carbonyl (C=O) groups excluding carboxylic acids is 1. The van der Waals surface area contributed by atoms with Gasteiger partial charge < -0.3 is 9.15 Å². The number of aromatic nitrogens is 2. The van der Waals surface area contributed by atoms with Crippen LogP contribution >= 0.6 is 0 Å². The topological polar surface area (TPSA) is 68.5 Å². The van der Waals surface area contributed by atoms with Crippen molar-refractivity contribution in [1.29, 1.82) is 0 Å². The Morgan fingerprint density at radius 2 is 2.16 bits per heavy atom. The van der Waals surface area contributed by atoms with E-state index in [-0.39, 0.29) is 23.8 Å². The summed E-state index contributed by atoms with van der Waals surface area (Å²) in [6.07, 6.45) is 1.62. The van der Waals surface area contributed by atoms with Crippen molar-refractivity contribution in [3.8, 4) is 0 Å². The molecule has 0 unspecified atom stereocenters. The molecule has 0 spiro atoms. The summed E-state index contributed by atoms with van der Waals surface area (Å²) in [6.45, 7) is 4.71. The molecule has 2 atom stereocenters. The summed E-state index contributed by atoms with van der Waals surface area (Å²) >= 11 is 0. The van der Waals surface area contributed by atoms with Gasteiger partial charge in [-0.15, -0.1) is 10.2 Å². The molecule has 0 radical (unpaired) electrons. The first kappa shape index (κ1) is 14.0. The Morgan fingerprint density at radius 3 is 2.68 bits per heavy atom. The van der Waals surface area contributed by atoms with E-state index in [1.807, 2.05) is 20.9 Å². The maximum Gasteiger partial charge on any atom is 0.309 e. The maximum atomic E-state index is 11.5. The van der Waals surface area contributed by atoms with Crippen molar-refractivity contribution in [3.63, 3.8) is 0 Å². The quantitative estimate of drug-likeness (QED) is 0.777. The maximum absolute atomic E-state index is 11.5. The molecule has 0 aromatic carbocycles. The molecular weight excluding hydrogens is 246 g/mol. The highest BCUT2D eigenvalue weighted by molar-refractivity contribution is 5.72. The molecule has 0 aliphatic carbocycles. The number of likely N-dealkylation sites (tertiary alicyclic amines) is 1. The molecule has 1 fully saturated rings. The predicted molar refractivity (Wildman–Crippen MR) is 68.5 cm³/mol. The Kier molecular flexibility index (Phi) is 4.19. The first-order chi connectivity index (χ1) is 9.02. The van der Waals surface area contributed by atoms with Crippen molar-refractivity contribution < 1.29 is 13.9 Å². The minimum atomic E-state index is -0.140. The van der Waals surface area contributed by atoms with Gasteiger partial charge in [0.25, 0.3) is 0 Å². The third-order valence-electron chi connectivity index (χ3n) is 3.60. The summed E-state index contributed by atoms with van der Waals surface area (Å²) in [7, 11) is 3.40. The average Bonchev–Trinajstić information content (AvgIpc) is 2.87. The van der Waals surface area contributed by atoms with E-state index in [0.717, 1.165) is 12.8 Å². The highest BCUT2D eigenvalue weighted by Gasteiger charge is 2.34. The van der Waals surface area contributed by atoms with E-state index in [1.165, 1.54) is 7.11 Å². The van der Waals surface area contributed by atoms with Crippen LogP contribution in [0.3, 0.4) is 0 Å². The van der Waals surface area contributed by atoms with Crippen LogP contribution in [0.5, 0.6) is 0 Å². The standard InChI is InChI=1S/C13H21N3O3/c1-8(2)11-14-15-12(19-11)10-6-5-9(7-16(10)3)13(17)18-4/h8-10H,5-7H2,1-4H3/t9-,10+/m1/s1. The van der Waals surface area contributed by atoms with Gasteiger partial charge in [-0.1, -0.05) is 13.8 Å². The number of methoxy groups -OCH3 is 1. The molecule has 19 heavy (non-hydrogen) atoms. The van der Waals surface area contributed by atoms with Gasteiger partial charge in [0.05, 0.1) is 19.1 Å². The monoisotopic (exact) mass is 267 g/mol. The molecule has 106 valence electrons. The Hall–Kier alpha value is -1.43. The van der Waals surface area contributed by atoms with Crippen LogP contribution in [0, 0.1) is 5.92 Å². The third kappa shape index (κ3) is 2.94. The number of piperidine rings is 1. The van der Waals surface area contributed by atoms with Gasteiger partial charge in [0.2, 0.25) is 11.8 Å². The molecule has 1 aromatic rings. The van der Waals surface area contributed by atoms with Crippen LogP contribution < -0.4 is 0 Å². The smallest absolute Gasteiger partial charge is 0.309 e. The molecule has 0 amide bonds. The van der Waals surface area contributed by atoms with E-state index < -0.39 is 0 Å². The SMILES string of the molecule is COC(=O)[C@@H]1CC[C@@H](c2nnc(C(C)C)o2)N(C)C1. The highest BCUT2D eigenvalue weighted by atomic mass is 16.5. The average molecular weight is 267 g/mol. The number of ether oxygens (including phenoxy) is 1. The van der Waals surface area contributed by atoms with E-state index in [2.05, 4.69) is 15.1 Å². The first-order valence-corrected chi connectivity index (χ1v) is 6.64. The van der Waals surface area contributed by atoms with E-state index in [4.69, 9.17) is 9.15 Å². The number of nitrogens with zero attached hydrogens (tertiary/aromatic N) is 3. The predicted octanol–water partition coefficient (Wildman–Crippen LogP) is 1.75. The summed E-state index contributed by atoms with van der Waals surface area (Å²) in [5, 5.41) is 8.19. The van der Waals surface area contributed by atoms with Crippen LogP contribution in [0.15, 0.2) is 4.42 Å². The zero-order valence-corrected chi connectivity index (χ0v) is 11.9. The normalized spacial score (nSPS) is 24.7. The lowest BCUT2D eigenvalue weighted by atomic mass is 9.93. The van der Waals surface area contributed by atoms with E-state index in [0.29, 0.717) is 18.3 Å². The summed E-state index contributed by atoms with van der Waals surface area (Å²) in [4.78, 5) is 13.6. The van der Waals surface area contributed by atoms with Crippen molar-refractivity contribution in [2.75, 3.05) is 20.7 Å². The molecule has 0 bridgehead atoms. The molecule has 2 heterocycles. The number of esters is 1. The van der Waals surface area contributed by atoms with Crippen LogP contribution in [0.1, 0.15) is 50.4 Å². The van der Waals surface area contributed by atoms with Crippen LogP contribution in [0.25, 0.3) is 0 Å². The fourth-order valence-electron chi connectivity index (χ4n) is 2.43. The molecule has 0 saturated carbocycles. The Labute approximate surface area is 113 Å². The van der Waals surface area contributed by atoms with E-state index in [9.17, 15) is 4.79 Å². The van der Waals surface area contributed by atoms with Gasteiger partial charge in [-0.3, -0.25) is 9.69 Å². The third-order valence-corrected chi connectivity index (χ3v) is 3.60. The van der Waals surface area contributed by atoms with E-state index in [1.54, 1.807) is 0 Å². The molecule has 1 aliphatic heterocycles. The summed E-state index contributed by atoms with van der Waals surface area (Å²) in [6, 6.07) is 0.0981. The summed E-state index contributed by atoms with van der Waals surface area (Å²) < 4.78 is 10.5. The van der Waals surface area contributed by atoms with Crippen LogP contribution in [0.4, 0.5) is 0 Å². The van der Waals surface area contributed by atoms with Gasteiger partial charge in [-0.25, -0.2) is 0 Å². The molecular formula is C13H21N3O3. The minimum Gasteiger partial charge on any atom is -0.469 e. The highest BCUT2D eigenvalue weighted by Crippen LogP contribution is 2.32. The number of rotatable bonds is 3. The summed E-state index contributed by atoms with van der Waals surface area (Å²) in [5.41, 5.74) is 0. The zero-order chi connectivity index (χ0) is 14.0. The summed E-state index contributed by atoms with van der Waals surface area (Å²) in [5.74, 6) is 1.35. The number of hydrogen-bond acceptors (Lipinski definition) is 6. The first-order valence-electron chi connectivity index (χ1n) is 6.64. The fourth-order valence-corrected chi connectivity index (χ4v) is 2.43. The van der Waals surface area contributed by atoms with Gasteiger partial charge in [0, 0.05) is 12.5 Å². The second kappa shape index (κ2) is 5.69. The van der Waals surface area contributed by atoms with Crippen LogP contribution in [-0.4, -0.2) is 41.8 Å². The lowest BCUT2D eigenvalue weighted by Crippen LogP contribution is -2.39. The van der Waals surface area contributed by atoms with E-state index >= 15 is 0 Å². The molecule has 1 saturated heterocycles. The minimum absolute atomic E-state index is 0.0567. The number of carbonyl (C=O) groups is 1. The van der Waals surface area contributed by atoms with Crippen LogP contribution in [0.2, 0.25) is 0 Å². The van der Waals surface area contributed by atoms with Gasteiger partial charge in [-0.2, -0.15) is 0 Å². The second-order valence-corrected chi connectivity index (χ2v) is 5.39. The van der Waals surface area contributed by atoms with Crippen molar-refractivity contribution in [2.45, 2.75) is 38.6 Å². The second-order valence-electron chi connectivity index (χ2n) is 5.39. The fraction of sp³-hybridized carbons (Fsp3) is 0.769. The van der Waals surface area contributed by atoms with Gasteiger partial charge >= 0.3 is 5.97 Å². The van der Waals surface area contributed by atoms with Gasteiger partial charge in [0.1, 0.15) is 0 Å². The van der Waals surface area contributed by atoms with Gasteiger partial charge in [0.15, 0.2) is 0 Å². The largest absolute Gasteiger partial charge is 0.469 e. The lowest BCUT2D eigenvalue weighted by Gasteiger charge is -2.33. The zero-order valence-electron chi connectivity index (χ0n) is 11.9. The van der Waals surface area contributed by atoms with Crippen LogP contribution in [-0.2, 0) is 9.53 Å². The van der Waals surface area contributed by atoms with Crippen molar-refractivity contribution in [2.24, 2.45) is 5.92 Å². The Morgan fingerprint density at radius 1 is 1.42 bits per heavy atom. The van der Waals surface area contributed by atoms with Crippen molar-refractivity contribution >= 4 is 5.97 Å². The lowest BCUT2D eigenvalue weighted by molar-refractivity contribution is -0.147. The molecule has 2 rings (SSSR count). The molecule has 1 aromatic heterocycles. The molecule has 6 heteroatoms. The van der Waals surface area contributed by atoms with Gasteiger partial charge in [-0.05, 0) is 19.9 Å². The van der Waals surface area contributed by atoms with Crippen molar-refractivity contribution in [3.05, 3.63) is 11.8 Å². The Bertz CT molecular complexity index is 444. The molecule has 1 aliphatic rings. The molecule has 6 nitrogen and oxygen atoms in total. The number of hydrogen-bond donors (Lipinski definition) is 0. The Balaban J connectivity index is 2.04. The molecule has 0 N–H and O–H groups in total. The van der Waals surface area contributed by atoms with Crippen molar-refractivity contribution in [1.82, 2.24) is 15.1 Å².